The van der Waals surface area contributed by atoms with Crippen molar-refractivity contribution in [3.63, 3.8) is 0 Å². The van der Waals surface area contributed by atoms with E-state index in [1.165, 1.54) is 0 Å². The van der Waals surface area contributed by atoms with Crippen LogP contribution in [0.1, 0.15) is 45.0 Å². The van der Waals surface area contributed by atoms with Gasteiger partial charge in [0.05, 0.1) is 0 Å². The van der Waals surface area contributed by atoms with Crippen molar-refractivity contribution in [2.45, 2.75) is 52.8 Å². The Morgan fingerprint density at radius 3 is 1.86 bits per heavy atom. The molecule has 5 heteroatoms. The van der Waals surface area contributed by atoms with E-state index >= 15 is 0 Å². The van der Waals surface area contributed by atoms with Crippen LogP contribution in [0.5, 0.6) is 5.75 Å². The number of hydrogen-bond acceptors (Lipinski definition) is 3. The first-order valence-corrected chi connectivity index (χ1v) is 7.12. The van der Waals surface area contributed by atoms with Gasteiger partial charge in [-0.1, -0.05) is 0 Å². The van der Waals surface area contributed by atoms with Crippen molar-refractivity contribution in [3.05, 3.63) is 29.8 Å². The zero-order valence-corrected chi connectivity index (χ0v) is 13.3. The second-order valence-electron chi connectivity index (χ2n) is 5.58. The standard InChI is InChI=1S/C16H24N2O3/c1-10(2)18(11(3)4)16(20)12(5)21-14-8-6-13(7-9-14)15(17)19/h6-12H,1-5H3,(H2,17,19)/t12-/m1/s1. The Kier molecular flexibility index (Phi) is 5.76. The van der Waals surface area contributed by atoms with E-state index in [0.29, 0.717) is 11.3 Å². The zero-order valence-electron chi connectivity index (χ0n) is 13.3. The number of nitrogens with zero attached hydrogens (tertiary/aromatic N) is 1. The highest BCUT2D eigenvalue weighted by Gasteiger charge is 2.26. The zero-order chi connectivity index (χ0) is 16.2. The van der Waals surface area contributed by atoms with Crippen molar-refractivity contribution in [1.82, 2.24) is 4.90 Å². The van der Waals surface area contributed by atoms with E-state index in [2.05, 4.69) is 0 Å². The third kappa shape index (κ3) is 4.48. The fourth-order valence-corrected chi connectivity index (χ4v) is 2.27. The van der Waals surface area contributed by atoms with Crippen LogP contribution in [0.3, 0.4) is 0 Å². The van der Waals surface area contributed by atoms with E-state index < -0.39 is 12.0 Å². The third-order valence-electron chi connectivity index (χ3n) is 3.17. The monoisotopic (exact) mass is 292 g/mol. The number of benzene rings is 1. The smallest absolute Gasteiger partial charge is 0.263 e. The maximum absolute atomic E-state index is 12.4. The fraction of sp³-hybridized carbons (Fsp3) is 0.500. The third-order valence-corrected chi connectivity index (χ3v) is 3.17. The molecular formula is C16H24N2O3. The molecule has 0 bridgehead atoms. The fourth-order valence-electron chi connectivity index (χ4n) is 2.27. The summed E-state index contributed by atoms with van der Waals surface area (Å²) in [6.45, 7) is 9.64. The Balaban J connectivity index is 2.77. The predicted octanol–water partition coefficient (Wildman–Crippen LogP) is 2.20. The Morgan fingerprint density at radius 1 is 1.00 bits per heavy atom. The Morgan fingerprint density at radius 2 is 1.48 bits per heavy atom. The molecule has 5 nitrogen and oxygen atoms in total. The summed E-state index contributed by atoms with van der Waals surface area (Å²) in [4.78, 5) is 25.2. The molecule has 1 aromatic rings. The highest BCUT2D eigenvalue weighted by molar-refractivity contribution is 5.92. The minimum atomic E-state index is -0.589. The van der Waals surface area contributed by atoms with Gasteiger partial charge in [0.2, 0.25) is 5.91 Å². The molecule has 0 aliphatic rings. The van der Waals surface area contributed by atoms with E-state index in [9.17, 15) is 9.59 Å². The molecule has 1 rings (SSSR count). The molecule has 1 aromatic carbocycles. The molecule has 0 unspecified atom stereocenters. The number of nitrogens with two attached hydrogens (primary N) is 1. The predicted molar refractivity (Wildman–Crippen MR) is 82.2 cm³/mol. The molecule has 0 fully saturated rings. The van der Waals surface area contributed by atoms with Gasteiger partial charge in [0.15, 0.2) is 6.10 Å². The second-order valence-corrected chi connectivity index (χ2v) is 5.58. The van der Waals surface area contributed by atoms with Crippen molar-refractivity contribution >= 4 is 11.8 Å². The molecule has 21 heavy (non-hydrogen) atoms. The van der Waals surface area contributed by atoms with Gasteiger partial charge < -0.3 is 15.4 Å². The number of carbonyl (C=O) groups is 2. The van der Waals surface area contributed by atoms with Crippen LogP contribution in [0.25, 0.3) is 0 Å². The van der Waals surface area contributed by atoms with Crippen molar-refractivity contribution in [1.29, 1.82) is 0 Å². The quantitative estimate of drug-likeness (QED) is 0.873. The van der Waals surface area contributed by atoms with Crippen LogP contribution in [-0.4, -0.2) is 34.9 Å². The molecule has 0 saturated heterocycles. The average Bonchev–Trinajstić information content (AvgIpc) is 2.38. The van der Waals surface area contributed by atoms with Crippen molar-refractivity contribution in [2.24, 2.45) is 5.73 Å². The maximum atomic E-state index is 12.4. The molecule has 0 heterocycles. The molecule has 0 aliphatic carbocycles. The van der Waals surface area contributed by atoms with Gasteiger partial charge in [-0.3, -0.25) is 9.59 Å². The Labute approximate surface area is 126 Å². The lowest BCUT2D eigenvalue weighted by Gasteiger charge is -2.33. The number of primary amides is 1. The Bertz CT molecular complexity index is 487. The SMILES string of the molecule is CC(C)N(C(=O)[C@@H](C)Oc1ccc(C(N)=O)cc1)C(C)C. The number of carbonyl (C=O) groups excluding carboxylic acids is 2. The van der Waals surface area contributed by atoms with E-state index in [4.69, 9.17) is 10.5 Å². The molecule has 0 radical (unpaired) electrons. The molecule has 0 saturated carbocycles. The molecule has 2 N–H and O–H groups in total. The van der Waals surface area contributed by atoms with Crippen LogP contribution >= 0.6 is 0 Å². The van der Waals surface area contributed by atoms with Crippen molar-refractivity contribution < 1.29 is 14.3 Å². The van der Waals surface area contributed by atoms with E-state index in [0.717, 1.165) is 0 Å². The molecule has 1 atom stereocenters. The van der Waals surface area contributed by atoms with E-state index in [1.54, 1.807) is 36.1 Å². The summed E-state index contributed by atoms with van der Waals surface area (Å²) < 4.78 is 5.65. The minimum absolute atomic E-state index is 0.0565. The summed E-state index contributed by atoms with van der Waals surface area (Å²) in [5.74, 6) is -0.0104. The van der Waals surface area contributed by atoms with E-state index in [1.807, 2.05) is 27.7 Å². The van der Waals surface area contributed by atoms with Crippen LogP contribution in [-0.2, 0) is 4.79 Å². The highest BCUT2D eigenvalue weighted by Crippen LogP contribution is 2.16. The summed E-state index contributed by atoms with van der Waals surface area (Å²) in [6.07, 6.45) is -0.589. The van der Waals surface area contributed by atoms with Gasteiger partial charge in [0.1, 0.15) is 5.75 Å². The summed E-state index contributed by atoms with van der Waals surface area (Å²) >= 11 is 0. The van der Waals surface area contributed by atoms with E-state index in [-0.39, 0.29) is 18.0 Å². The minimum Gasteiger partial charge on any atom is -0.481 e. The molecule has 0 aliphatic heterocycles. The number of hydrogen-bond donors (Lipinski definition) is 1. The average molecular weight is 292 g/mol. The highest BCUT2D eigenvalue weighted by atomic mass is 16.5. The maximum Gasteiger partial charge on any atom is 0.263 e. The van der Waals surface area contributed by atoms with Crippen LogP contribution in [0.15, 0.2) is 24.3 Å². The lowest BCUT2D eigenvalue weighted by Crippen LogP contribution is -2.48. The first kappa shape index (κ1) is 17.0. The van der Waals surface area contributed by atoms with Gasteiger partial charge in [-0.2, -0.15) is 0 Å². The Hall–Kier alpha value is -2.04. The van der Waals surface area contributed by atoms with Gasteiger partial charge in [-0.05, 0) is 58.9 Å². The first-order chi connectivity index (χ1) is 9.73. The number of ether oxygens (including phenoxy) is 1. The molecule has 0 spiro atoms. The summed E-state index contributed by atoms with van der Waals surface area (Å²) in [5.41, 5.74) is 5.59. The van der Waals surface area contributed by atoms with Crippen LogP contribution < -0.4 is 10.5 Å². The summed E-state index contributed by atoms with van der Waals surface area (Å²) in [7, 11) is 0. The molecule has 2 amide bonds. The van der Waals surface area contributed by atoms with Crippen LogP contribution in [0.2, 0.25) is 0 Å². The van der Waals surface area contributed by atoms with Gasteiger partial charge in [0.25, 0.3) is 5.91 Å². The van der Waals surface area contributed by atoms with Crippen molar-refractivity contribution in [2.75, 3.05) is 0 Å². The van der Waals surface area contributed by atoms with Gasteiger partial charge in [0, 0.05) is 17.6 Å². The summed E-state index contributed by atoms with van der Waals surface area (Å²) in [5, 5.41) is 0. The largest absolute Gasteiger partial charge is 0.481 e. The number of rotatable bonds is 6. The normalized spacial score (nSPS) is 12.3. The number of amides is 2. The van der Waals surface area contributed by atoms with Gasteiger partial charge >= 0.3 is 0 Å². The lowest BCUT2D eigenvalue weighted by molar-refractivity contribution is -0.141. The van der Waals surface area contributed by atoms with Gasteiger partial charge in [-0.15, -0.1) is 0 Å². The molecule has 116 valence electrons. The second kappa shape index (κ2) is 7.11. The molecule has 0 aromatic heterocycles. The topological polar surface area (TPSA) is 72.6 Å². The van der Waals surface area contributed by atoms with Gasteiger partial charge in [-0.25, -0.2) is 0 Å². The lowest BCUT2D eigenvalue weighted by atomic mass is 10.2. The first-order valence-electron chi connectivity index (χ1n) is 7.12. The molecular weight excluding hydrogens is 268 g/mol. The van der Waals surface area contributed by atoms with Crippen LogP contribution in [0.4, 0.5) is 0 Å². The van der Waals surface area contributed by atoms with Crippen molar-refractivity contribution in [3.8, 4) is 5.75 Å². The van der Waals surface area contributed by atoms with Crippen LogP contribution in [0, 0.1) is 0 Å². The summed E-state index contributed by atoms with van der Waals surface area (Å²) in [6, 6.07) is 6.66.